The van der Waals surface area contributed by atoms with Gasteiger partial charge in [0.1, 0.15) is 0 Å². The lowest BCUT2D eigenvalue weighted by atomic mass is 10.3. The minimum atomic E-state index is -0.166. The highest BCUT2D eigenvalue weighted by molar-refractivity contribution is 5.90. The Balaban J connectivity index is 1.88. The molecule has 0 saturated heterocycles. The second-order valence-corrected chi connectivity index (χ2v) is 5.30. The Kier molecular flexibility index (Phi) is 5.05. The van der Waals surface area contributed by atoms with Crippen molar-refractivity contribution in [3.63, 3.8) is 0 Å². The van der Waals surface area contributed by atoms with Crippen LogP contribution in [0.4, 0.5) is 11.8 Å². The van der Waals surface area contributed by atoms with Gasteiger partial charge in [-0.05, 0) is 20.0 Å². The van der Waals surface area contributed by atoms with E-state index in [-0.39, 0.29) is 12.5 Å². The number of anilines is 2. The average molecular weight is 304 g/mol. The summed E-state index contributed by atoms with van der Waals surface area (Å²) in [4.78, 5) is 24.2. The van der Waals surface area contributed by atoms with Crippen LogP contribution in [0.15, 0.2) is 22.9 Å². The number of amides is 1. The summed E-state index contributed by atoms with van der Waals surface area (Å²) in [6.45, 7) is 2.57. The first-order chi connectivity index (χ1) is 10.4. The predicted octanol–water partition coefficient (Wildman–Crippen LogP) is 0.910. The molecule has 0 bridgehead atoms. The summed E-state index contributed by atoms with van der Waals surface area (Å²) in [6.07, 6.45) is 1.71. The summed E-state index contributed by atoms with van der Waals surface area (Å²) in [7, 11) is 5.62. The van der Waals surface area contributed by atoms with Crippen molar-refractivity contribution in [3.05, 3.63) is 29.7 Å². The normalized spacial score (nSPS) is 10.8. The maximum absolute atomic E-state index is 11.9. The van der Waals surface area contributed by atoms with Crippen LogP contribution in [0.1, 0.15) is 11.4 Å². The Hall–Kier alpha value is -2.48. The lowest BCUT2D eigenvalue weighted by molar-refractivity contribution is -0.117. The van der Waals surface area contributed by atoms with Gasteiger partial charge in [-0.2, -0.15) is 0 Å². The predicted molar refractivity (Wildman–Crippen MR) is 82.6 cm³/mol. The summed E-state index contributed by atoms with van der Waals surface area (Å²) < 4.78 is 4.95. The molecule has 0 aliphatic heterocycles. The average Bonchev–Trinajstić information content (AvgIpc) is 2.83. The molecule has 118 valence electrons. The Bertz CT molecular complexity index is 640. The zero-order valence-electron chi connectivity index (χ0n) is 13.2. The molecule has 0 fully saturated rings. The molecular formula is C14H20N6O2. The maximum atomic E-state index is 11.9. The van der Waals surface area contributed by atoms with Gasteiger partial charge in [0.2, 0.25) is 17.7 Å². The van der Waals surface area contributed by atoms with Crippen molar-refractivity contribution in [2.45, 2.75) is 13.5 Å². The van der Waals surface area contributed by atoms with Gasteiger partial charge in [0.05, 0.1) is 17.9 Å². The number of aromatic nitrogens is 3. The SMILES string of the molecule is Cc1cc(NC(=O)CN(C)Cc2ccnc(N(C)C)n2)on1. The Morgan fingerprint density at radius 3 is 2.77 bits per heavy atom. The van der Waals surface area contributed by atoms with E-state index in [1.54, 1.807) is 19.2 Å². The molecule has 0 saturated carbocycles. The molecule has 2 heterocycles. The van der Waals surface area contributed by atoms with Crippen LogP contribution in [0.5, 0.6) is 0 Å². The molecule has 0 aromatic carbocycles. The fourth-order valence-electron chi connectivity index (χ4n) is 1.87. The number of likely N-dealkylation sites (N-methyl/N-ethyl adjacent to an activating group) is 1. The van der Waals surface area contributed by atoms with E-state index in [1.807, 2.05) is 37.0 Å². The number of rotatable bonds is 6. The van der Waals surface area contributed by atoms with Gasteiger partial charge in [0.15, 0.2) is 0 Å². The first-order valence-electron chi connectivity index (χ1n) is 6.85. The molecule has 22 heavy (non-hydrogen) atoms. The third-order valence-corrected chi connectivity index (χ3v) is 2.84. The minimum Gasteiger partial charge on any atom is -0.347 e. The van der Waals surface area contributed by atoms with E-state index in [4.69, 9.17) is 4.52 Å². The van der Waals surface area contributed by atoms with Gasteiger partial charge in [-0.15, -0.1) is 0 Å². The van der Waals surface area contributed by atoms with Crippen molar-refractivity contribution in [2.24, 2.45) is 0 Å². The summed E-state index contributed by atoms with van der Waals surface area (Å²) in [5.41, 5.74) is 1.57. The van der Waals surface area contributed by atoms with Gasteiger partial charge in [0.25, 0.3) is 0 Å². The number of hydrogen-bond donors (Lipinski definition) is 1. The molecular weight excluding hydrogens is 284 g/mol. The molecule has 0 unspecified atom stereocenters. The van der Waals surface area contributed by atoms with E-state index in [0.717, 1.165) is 11.4 Å². The number of carbonyl (C=O) groups is 1. The highest BCUT2D eigenvalue weighted by atomic mass is 16.5. The van der Waals surface area contributed by atoms with Gasteiger partial charge in [-0.25, -0.2) is 9.97 Å². The number of carbonyl (C=O) groups excluding carboxylic acids is 1. The second kappa shape index (κ2) is 6.99. The van der Waals surface area contributed by atoms with Crippen LogP contribution >= 0.6 is 0 Å². The molecule has 0 radical (unpaired) electrons. The van der Waals surface area contributed by atoms with Crippen LogP contribution < -0.4 is 10.2 Å². The fraction of sp³-hybridized carbons (Fsp3) is 0.429. The van der Waals surface area contributed by atoms with E-state index >= 15 is 0 Å². The summed E-state index contributed by atoms with van der Waals surface area (Å²) in [5, 5.41) is 6.38. The molecule has 2 aromatic heterocycles. The lowest BCUT2D eigenvalue weighted by Crippen LogP contribution is -2.30. The van der Waals surface area contributed by atoms with E-state index in [2.05, 4.69) is 20.4 Å². The molecule has 0 aliphatic carbocycles. The zero-order valence-corrected chi connectivity index (χ0v) is 13.2. The number of hydrogen-bond acceptors (Lipinski definition) is 7. The number of aryl methyl sites for hydroxylation is 1. The van der Waals surface area contributed by atoms with E-state index in [0.29, 0.717) is 18.4 Å². The van der Waals surface area contributed by atoms with Gasteiger partial charge >= 0.3 is 0 Å². The molecule has 8 heteroatoms. The van der Waals surface area contributed by atoms with E-state index in [1.165, 1.54) is 0 Å². The van der Waals surface area contributed by atoms with E-state index < -0.39 is 0 Å². The van der Waals surface area contributed by atoms with Crippen LogP contribution in [0.25, 0.3) is 0 Å². The van der Waals surface area contributed by atoms with Gasteiger partial charge in [-0.1, -0.05) is 5.16 Å². The summed E-state index contributed by atoms with van der Waals surface area (Å²) in [6, 6.07) is 3.51. The van der Waals surface area contributed by atoms with Crippen molar-refractivity contribution in [2.75, 3.05) is 37.9 Å². The van der Waals surface area contributed by atoms with Crippen molar-refractivity contribution < 1.29 is 9.32 Å². The summed E-state index contributed by atoms with van der Waals surface area (Å²) >= 11 is 0. The zero-order chi connectivity index (χ0) is 16.1. The second-order valence-electron chi connectivity index (χ2n) is 5.30. The van der Waals surface area contributed by atoms with Crippen LogP contribution in [-0.4, -0.2) is 53.6 Å². The largest absolute Gasteiger partial charge is 0.347 e. The fourth-order valence-corrected chi connectivity index (χ4v) is 1.87. The first kappa shape index (κ1) is 15.9. The topological polar surface area (TPSA) is 87.4 Å². The van der Waals surface area contributed by atoms with Crippen molar-refractivity contribution in [1.82, 2.24) is 20.0 Å². The molecule has 2 rings (SSSR count). The summed E-state index contributed by atoms with van der Waals surface area (Å²) in [5.74, 6) is 0.834. The van der Waals surface area contributed by atoms with Crippen LogP contribution in [0.2, 0.25) is 0 Å². The minimum absolute atomic E-state index is 0.166. The number of nitrogens with one attached hydrogen (secondary N) is 1. The molecule has 0 aliphatic rings. The maximum Gasteiger partial charge on any atom is 0.240 e. The Morgan fingerprint density at radius 2 is 2.14 bits per heavy atom. The quantitative estimate of drug-likeness (QED) is 0.848. The third kappa shape index (κ3) is 4.52. The molecule has 1 amide bonds. The molecule has 2 aromatic rings. The monoisotopic (exact) mass is 304 g/mol. The smallest absolute Gasteiger partial charge is 0.240 e. The van der Waals surface area contributed by atoms with Crippen molar-refractivity contribution >= 4 is 17.7 Å². The third-order valence-electron chi connectivity index (χ3n) is 2.84. The van der Waals surface area contributed by atoms with Crippen LogP contribution in [0, 0.1) is 6.92 Å². The lowest BCUT2D eigenvalue weighted by Gasteiger charge is -2.16. The van der Waals surface area contributed by atoms with Crippen LogP contribution in [0.3, 0.4) is 0 Å². The van der Waals surface area contributed by atoms with E-state index in [9.17, 15) is 4.79 Å². The van der Waals surface area contributed by atoms with Crippen molar-refractivity contribution in [3.8, 4) is 0 Å². The molecule has 1 N–H and O–H groups in total. The van der Waals surface area contributed by atoms with Gasteiger partial charge in [0, 0.05) is 32.9 Å². The highest BCUT2D eigenvalue weighted by Gasteiger charge is 2.11. The van der Waals surface area contributed by atoms with Crippen molar-refractivity contribution in [1.29, 1.82) is 0 Å². The highest BCUT2D eigenvalue weighted by Crippen LogP contribution is 2.09. The van der Waals surface area contributed by atoms with Gasteiger partial charge < -0.3 is 9.42 Å². The Morgan fingerprint density at radius 1 is 1.36 bits per heavy atom. The Labute approximate surface area is 129 Å². The molecule has 8 nitrogen and oxygen atoms in total. The van der Waals surface area contributed by atoms with Gasteiger partial charge in [-0.3, -0.25) is 15.0 Å². The molecule has 0 atom stereocenters. The van der Waals surface area contributed by atoms with Crippen LogP contribution in [-0.2, 0) is 11.3 Å². The first-order valence-corrected chi connectivity index (χ1v) is 6.85. The number of nitrogens with zero attached hydrogens (tertiary/aromatic N) is 5. The molecule has 0 spiro atoms. The standard InChI is InChI=1S/C14H20N6O2/c1-10-7-13(22-18-10)17-12(21)9-20(4)8-11-5-6-15-14(16-11)19(2)3/h5-7H,8-9H2,1-4H3,(H,17,21).